The summed E-state index contributed by atoms with van der Waals surface area (Å²) in [5, 5.41) is 6.85. The van der Waals surface area contributed by atoms with E-state index in [1.807, 2.05) is 78.9 Å². The molecule has 156 valence electrons. The molecule has 1 heterocycles. The number of ether oxygens (including phenoxy) is 1. The van der Waals surface area contributed by atoms with E-state index < -0.39 is 0 Å². The smallest absolute Gasteiger partial charge is 0.227 e. The standard InChI is InChI=1S/C24H20BrN3O3/c25-19-8-6-18(7-9-19)24-27-23(31-28-24)15-14-22(29)26-20-10-12-21(13-11-20)30-16-17-4-2-1-3-5-17/h1-13H,14-16H2,(H,26,29). The fraction of sp³-hybridized carbons (Fsp3) is 0.125. The highest BCUT2D eigenvalue weighted by atomic mass is 79.9. The van der Waals surface area contributed by atoms with Gasteiger partial charge in [-0.05, 0) is 54.1 Å². The van der Waals surface area contributed by atoms with Gasteiger partial charge >= 0.3 is 0 Å². The van der Waals surface area contributed by atoms with Gasteiger partial charge in [0.05, 0.1) is 0 Å². The summed E-state index contributed by atoms with van der Waals surface area (Å²) >= 11 is 3.40. The zero-order valence-corrected chi connectivity index (χ0v) is 18.2. The molecule has 0 saturated heterocycles. The minimum atomic E-state index is -0.124. The molecule has 6 nitrogen and oxygen atoms in total. The maximum Gasteiger partial charge on any atom is 0.227 e. The van der Waals surface area contributed by atoms with Gasteiger partial charge in [-0.25, -0.2) is 0 Å². The van der Waals surface area contributed by atoms with Crippen LogP contribution in [-0.2, 0) is 17.8 Å². The third-order valence-electron chi connectivity index (χ3n) is 4.52. The summed E-state index contributed by atoms with van der Waals surface area (Å²) in [6.45, 7) is 0.499. The molecule has 0 atom stereocenters. The first-order valence-electron chi connectivity index (χ1n) is 9.81. The van der Waals surface area contributed by atoms with Crippen LogP contribution in [0.2, 0.25) is 0 Å². The molecule has 31 heavy (non-hydrogen) atoms. The first-order chi connectivity index (χ1) is 15.2. The van der Waals surface area contributed by atoms with E-state index in [1.54, 1.807) is 0 Å². The van der Waals surface area contributed by atoms with E-state index in [-0.39, 0.29) is 12.3 Å². The zero-order chi connectivity index (χ0) is 21.5. The van der Waals surface area contributed by atoms with Crippen LogP contribution < -0.4 is 10.1 Å². The SMILES string of the molecule is O=C(CCc1nc(-c2ccc(Br)cc2)no1)Nc1ccc(OCc2ccccc2)cc1. The van der Waals surface area contributed by atoms with Crippen LogP contribution in [0, 0.1) is 0 Å². The molecule has 1 amide bonds. The van der Waals surface area contributed by atoms with Gasteiger partial charge in [-0.2, -0.15) is 4.98 Å². The molecule has 0 spiro atoms. The number of carbonyl (C=O) groups is 1. The van der Waals surface area contributed by atoms with Gasteiger partial charge in [0.1, 0.15) is 12.4 Å². The predicted octanol–water partition coefficient (Wildman–Crippen LogP) is 5.65. The summed E-state index contributed by atoms with van der Waals surface area (Å²) in [5.74, 6) is 1.56. The van der Waals surface area contributed by atoms with Crippen LogP contribution in [0.15, 0.2) is 87.9 Å². The van der Waals surface area contributed by atoms with E-state index in [2.05, 4.69) is 31.4 Å². The average Bonchev–Trinajstić information content (AvgIpc) is 3.28. The number of benzene rings is 3. The van der Waals surface area contributed by atoms with Crippen LogP contribution in [0.25, 0.3) is 11.4 Å². The molecule has 0 aliphatic heterocycles. The monoisotopic (exact) mass is 477 g/mol. The van der Waals surface area contributed by atoms with E-state index in [1.165, 1.54) is 0 Å². The molecular formula is C24H20BrN3O3. The molecule has 0 fully saturated rings. The van der Waals surface area contributed by atoms with Crippen LogP contribution in [-0.4, -0.2) is 16.0 Å². The van der Waals surface area contributed by atoms with Crippen LogP contribution in [0.4, 0.5) is 5.69 Å². The molecule has 0 unspecified atom stereocenters. The lowest BCUT2D eigenvalue weighted by molar-refractivity contribution is -0.116. The number of nitrogens with one attached hydrogen (secondary N) is 1. The first kappa shape index (κ1) is 20.8. The second kappa shape index (κ2) is 10.0. The Morgan fingerprint density at radius 1 is 0.968 bits per heavy atom. The number of nitrogens with zero attached hydrogens (tertiary/aromatic N) is 2. The zero-order valence-electron chi connectivity index (χ0n) is 16.6. The lowest BCUT2D eigenvalue weighted by Gasteiger charge is -2.08. The van der Waals surface area contributed by atoms with Crippen molar-refractivity contribution in [1.29, 1.82) is 0 Å². The number of carbonyl (C=O) groups excluding carboxylic acids is 1. The predicted molar refractivity (Wildman–Crippen MR) is 122 cm³/mol. The number of rotatable bonds is 8. The van der Waals surface area contributed by atoms with E-state index in [9.17, 15) is 4.79 Å². The number of anilines is 1. The van der Waals surface area contributed by atoms with Crippen LogP contribution >= 0.6 is 15.9 Å². The Morgan fingerprint density at radius 2 is 1.71 bits per heavy atom. The second-order valence-electron chi connectivity index (χ2n) is 6.87. The summed E-state index contributed by atoms with van der Waals surface area (Å²) < 4.78 is 12.0. The van der Waals surface area contributed by atoms with Gasteiger partial charge in [0, 0.05) is 28.6 Å². The normalized spacial score (nSPS) is 10.6. The third-order valence-corrected chi connectivity index (χ3v) is 5.05. The topological polar surface area (TPSA) is 77.2 Å². The molecule has 0 aliphatic carbocycles. The van der Waals surface area contributed by atoms with Crippen molar-refractivity contribution in [1.82, 2.24) is 10.1 Å². The maximum absolute atomic E-state index is 12.3. The molecular weight excluding hydrogens is 458 g/mol. The van der Waals surface area contributed by atoms with Gasteiger partial charge < -0.3 is 14.6 Å². The number of aromatic nitrogens is 2. The largest absolute Gasteiger partial charge is 0.489 e. The summed E-state index contributed by atoms with van der Waals surface area (Å²) in [5.41, 5.74) is 2.67. The Bertz CT molecular complexity index is 1130. The molecule has 0 bridgehead atoms. The summed E-state index contributed by atoms with van der Waals surface area (Å²) in [6.07, 6.45) is 0.613. The summed E-state index contributed by atoms with van der Waals surface area (Å²) in [4.78, 5) is 16.6. The highest BCUT2D eigenvalue weighted by molar-refractivity contribution is 9.10. The fourth-order valence-corrected chi connectivity index (χ4v) is 3.16. The molecule has 1 aromatic heterocycles. The van der Waals surface area contributed by atoms with E-state index in [4.69, 9.17) is 9.26 Å². The Labute approximate surface area is 188 Å². The first-order valence-corrected chi connectivity index (χ1v) is 10.6. The van der Waals surface area contributed by atoms with Gasteiger partial charge in [-0.1, -0.05) is 51.4 Å². The fourth-order valence-electron chi connectivity index (χ4n) is 2.89. The van der Waals surface area contributed by atoms with Crippen molar-refractivity contribution < 1.29 is 14.1 Å². The van der Waals surface area contributed by atoms with Crippen molar-refractivity contribution in [3.05, 3.63) is 94.8 Å². The number of amides is 1. The highest BCUT2D eigenvalue weighted by Gasteiger charge is 2.11. The van der Waals surface area contributed by atoms with Gasteiger partial charge in [0.15, 0.2) is 0 Å². The molecule has 0 radical (unpaired) electrons. The number of hydrogen-bond donors (Lipinski definition) is 1. The van der Waals surface area contributed by atoms with Gasteiger partial charge in [0.25, 0.3) is 0 Å². The van der Waals surface area contributed by atoms with Crippen molar-refractivity contribution in [2.45, 2.75) is 19.4 Å². The van der Waals surface area contributed by atoms with Crippen LogP contribution in [0.5, 0.6) is 5.75 Å². The molecule has 1 N–H and O–H groups in total. The molecule has 0 aliphatic rings. The van der Waals surface area contributed by atoms with Crippen molar-refractivity contribution in [3.8, 4) is 17.1 Å². The minimum absolute atomic E-state index is 0.124. The molecule has 0 saturated carbocycles. The number of hydrogen-bond acceptors (Lipinski definition) is 5. The summed E-state index contributed by atoms with van der Waals surface area (Å²) in [7, 11) is 0. The lowest BCUT2D eigenvalue weighted by atomic mass is 10.2. The Morgan fingerprint density at radius 3 is 2.45 bits per heavy atom. The lowest BCUT2D eigenvalue weighted by Crippen LogP contribution is -2.12. The Hall–Kier alpha value is -3.45. The molecule has 7 heteroatoms. The Kier molecular flexibility index (Phi) is 6.74. The van der Waals surface area contributed by atoms with Gasteiger partial charge in [-0.15, -0.1) is 0 Å². The van der Waals surface area contributed by atoms with Crippen molar-refractivity contribution in [2.24, 2.45) is 0 Å². The molecule has 3 aromatic carbocycles. The number of halogens is 1. The van der Waals surface area contributed by atoms with Crippen molar-refractivity contribution >= 4 is 27.5 Å². The van der Waals surface area contributed by atoms with Crippen molar-refractivity contribution in [2.75, 3.05) is 5.32 Å². The quantitative estimate of drug-likeness (QED) is 0.354. The molecule has 4 rings (SSSR count). The maximum atomic E-state index is 12.3. The van der Waals surface area contributed by atoms with Gasteiger partial charge in [0.2, 0.25) is 17.6 Å². The van der Waals surface area contributed by atoms with E-state index in [0.29, 0.717) is 30.4 Å². The Balaban J connectivity index is 1.25. The molecule has 4 aromatic rings. The highest BCUT2D eigenvalue weighted by Crippen LogP contribution is 2.20. The number of aryl methyl sites for hydroxylation is 1. The average molecular weight is 478 g/mol. The third kappa shape index (κ3) is 6.02. The van der Waals surface area contributed by atoms with Crippen LogP contribution in [0.1, 0.15) is 17.9 Å². The van der Waals surface area contributed by atoms with E-state index >= 15 is 0 Å². The van der Waals surface area contributed by atoms with Crippen LogP contribution in [0.3, 0.4) is 0 Å². The second-order valence-corrected chi connectivity index (χ2v) is 7.78. The summed E-state index contributed by atoms with van der Waals surface area (Å²) in [6, 6.07) is 24.9. The minimum Gasteiger partial charge on any atom is -0.489 e. The van der Waals surface area contributed by atoms with Gasteiger partial charge in [-0.3, -0.25) is 4.79 Å². The van der Waals surface area contributed by atoms with Crippen molar-refractivity contribution in [3.63, 3.8) is 0 Å². The van der Waals surface area contributed by atoms with E-state index in [0.717, 1.165) is 21.3 Å².